The predicted molar refractivity (Wildman–Crippen MR) is 76.3 cm³/mol. The molecule has 1 amide bonds. The van der Waals surface area contributed by atoms with Crippen LogP contribution in [0.1, 0.15) is 25.8 Å². The first-order valence-corrected chi connectivity index (χ1v) is 6.94. The van der Waals surface area contributed by atoms with Crippen LogP contribution in [-0.2, 0) is 20.8 Å². The largest absolute Gasteiger partial charge is 0.445 e. The maximum Gasteiger partial charge on any atom is 0.407 e. The Morgan fingerprint density at radius 3 is 2.40 bits per heavy atom. The van der Waals surface area contributed by atoms with Crippen LogP contribution in [-0.4, -0.2) is 32.1 Å². The average molecular weight is 281 g/mol. The van der Waals surface area contributed by atoms with E-state index in [9.17, 15) is 4.79 Å². The van der Waals surface area contributed by atoms with Gasteiger partial charge in [-0.05, 0) is 19.4 Å². The molecule has 0 saturated heterocycles. The second-order valence-electron chi connectivity index (χ2n) is 4.12. The van der Waals surface area contributed by atoms with Gasteiger partial charge in [-0.1, -0.05) is 30.3 Å². The van der Waals surface area contributed by atoms with Gasteiger partial charge in [0, 0.05) is 26.2 Å². The molecule has 1 rings (SSSR count). The SMILES string of the molecule is CCOC(CCNC(=O)OCc1ccccc1)OCC. The van der Waals surface area contributed by atoms with E-state index in [0.29, 0.717) is 26.2 Å². The van der Waals surface area contributed by atoms with E-state index >= 15 is 0 Å². The van der Waals surface area contributed by atoms with Gasteiger partial charge < -0.3 is 19.5 Å². The zero-order valence-electron chi connectivity index (χ0n) is 12.1. The Morgan fingerprint density at radius 2 is 1.80 bits per heavy atom. The fraction of sp³-hybridized carbons (Fsp3) is 0.533. The first-order chi connectivity index (χ1) is 9.76. The lowest BCUT2D eigenvalue weighted by Gasteiger charge is -2.16. The second-order valence-corrected chi connectivity index (χ2v) is 4.12. The normalized spacial score (nSPS) is 10.6. The number of rotatable bonds is 9. The Kier molecular flexibility index (Phi) is 8.42. The minimum Gasteiger partial charge on any atom is -0.445 e. The molecule has 20 heavy (non-hydrogen) atoms. The van der Waals surface area contributed by atoms with E-state index in [1.807, 2.05) is 44.2 Å². The van der Waals surface area contributed by atoms with E-state index < -0.39 is 6.09 Å². The molecule has 0 fully saturated rings. The monoisotopic (exact) mass is 281 g/mol. The van der Waals surface area contributed by atoms with Crippen molar-refractivity contribution in [2.45, 2.75) is 33.2 Å². The van der Waals surface area contributed by atoms with E-state index in [-0.39, 0.29) is 12.9 Å². The minimum absolute atomic E-state index is 0.271. The third kappa shape index (κ3) is 7.11. The van der Waals surface area contributed by atoms with Crippen LogP contribution in [0.3, 0.4) is 0 Å². The molecule has 0 heterocycles. The Morgan fingerprint density at radius 1 is 1.15 bits per heavy atom. The number of benzene rings is 1. The van der Waals surface area contributed by atoms with Crippen molar-refractivity contribution in [2.75, 3.05) is 19.8 Å². The quantitative estimate of drug-likeness (QED) is 0.707. The van der Waals surface area contributed by atoms with Crippen LogP contribution in [0, 0.1) is 0 Å². The van der Waals surface area contributed by atoms with Crippen molar-refractivity contribution < 1.29 is 19.0 Å². The van der Waals surface area contributed by atoms with E-state index in [1.165, 1.54) is 0 Å². The van der Waals surface area contributed by atoms with Gasteiger partial charge in [-0.2, -0.15) is 0 Å². The fourth-order valence-corrected chi connectivity index (χ4v) is 1.65. The van der Waals surface area contributed by atoms with Crippen molar-refractivity contribution in [2.24, 2.45) is 0 Å². The van der Waals surface area contributed by atoms with Crippen LogP contribution in [0.4, 0.5) is 4.79 Å². The number of nitrogens with one attached hydrogen (secondary N) is 1. The molecule has 112 valence electrons. The number of alkyl carbamates (subject to hydrolysis) is 1. The van der Waals surface area contributed by atoms with Crippen molar-refractivity contribution in [1.29, 1.82) is 0 Å². The molecule has 0 aromatic heterocycles. The van der Waals surface area contributed by atoms with Crippen LogP contribution in [0.2, 0.25) is 0 Å². The summed E-state index contributed by atoms with van der Waals surface area (Å²) in [7, 11) is 0. The van der Waals surface area contributed by atoms with E-state index in [2.05, 4.69) is 5.32 Å². The van der Waals surface area contributed by atoms with Gasteiger partial charge in [-0.15, -0.1) is 0 Å². The topological polar surface area (TPSA) is 56.8 Å². The molecule has 0 radical (unpaired) electrons. The van der Waals surface area contributed by atoms with Crippen molar-refractivity contribution in [3.8, 4) is 0 Å². The van der Waals surface area contributed by atoms with Gasteiger partial charge in [-0.25, -0.2) is 4.79 Å². The second kappa shape index (κ2) is 10.2. The maximum absolute atomic E-state index is 11.5. The van der Waals surface area contributed by atoms with E-state index in [0.717, 1.165) is 5.56 Å². The highest BCUT2D eigenvalue weighted by atomic mass is 16.7. The van der Waals surface area contributed by atoms with Crippen LogP contribution in [0.15, 0.2) is 30.3 Å². The van der Waals surface area contributed by atoms with Crippen molar-refractivity contribution in [3.05, 3.63) is 35.9 Å². The standard InChI is InChI=1S/C15H23NO4/c1-3-18-14(19-4-2)10-11-16-15(17)20-12-13-8-6-5-7-9-13/h5-9,14H,3-4,10-12H2,1-2H3,(H,16,17). The summed E-state index contributed by atoms with van der Waals surface area (Å²) in [6.07, 6.45) is -0.109. The van der Waals surface area contributed by atoms with E-state index in [4.69, 9.17) is 14.2 Å². The average Bonchev–Trinajstić information content (AvgIpc) is 2.47. The number of hydrogen-bond acceptors (Lipinski definition) is 4. The fourth-order valence-electron chi connectivity index (χ4n) is 1.65. The zero-order valence-corrected chi connectivity index (χ0v) is 12.1. The van der Waals surface area contributed by atoms with Gasteiger partial charge in [0.25, 0.3) is 0 Å². The molecular weight excluding hydrogens is 258 g/mol. The van der Waals surface area contributed by atoms with Gasteiger partial charge in [0.2, 0.25) is 0 Å². The Bertz CT molecular complexity index is 363. The van der Waals surface area contributed by atoms with Gasteiger partial charge in [0.15, 0.2) is 6.29 Å². The molecule has 0 spiro atoms. The highest BCUT2D eigenvalue weighted by molar-refractivity contribution is 5.67. The molecule has 1 N–H and O–H groups in total. The Hall–Kier alpha value is -1.59. The lowest BCUT2D eigenvalue weighted by atomic mass is 10.2. The van der Waals surface area contributed by atoms with Crippen LogP contribution in [0.25, 0.3) is 0 Å². The molecule has 0 aliphatic rings. The summed E-state index contributed by atoms with van der Waals surface area (Å²) in [6, 6.07) is 9.56. The molecular formula is C15H23NO4. The van der Waals surface area contributed by atoms with Crippen LogP contribution >= 0.6 is 0 Å². The van der Waals surface area contributed by atoms with E-state index in [1.54, 1.807) is 0 Å². The van der Waals surface area contributed by atoms with Gasteiger partial charge >= 0.3 is 6.09 Å². The molecule has 0 aliphatic heterocycles. The molecule has 0 bridgehead atoms. The molecule has 5 nitrogen and oxygen atoms in total. The summed E-state index contributed by atoms with van der Waals surface area (Å²) < 4.78 is 15.9. The lowest BCUT2D eigenvalue weighted by molar-refractivity contribution is -0.138. The Balaban J connectivity index is 2.16. The molecule has 0 saturated carbocycles. The summed E-state index contributed by atoms with van der Waals surface area (Å²) in [5.41, 5.74) is 0.962. The van der Waals surface area contributed by atoms with Crippen molar-refractivity contribution in [3.63, 3.8) is 0 Å². The third-order valence-corrected chi connectivity index (χ3v) is 2.57. The highest BCUT2D eigenvalue weighted by Gasteiger charge is 2.09. The Labute approximate surface area is 120 Å². The molecule has 1 aromatic carbocycles. The third-order valence-electron chi connectivity index (χ3n) is 2.57. The van der Waals surface area contributed by atoms with Crippen molar-refractivity contribution in [1.82, 2.24) is 5.32 Å². The number of carbonyl (C=O) groups is 1. The van der Waals surface area contributed by atoms with Crippen LogP contribution < -0.4 is 5.32 Å². The molecule has 0 atom stereocenters. The number of ether oxygens (including phenoxy) is 3. The summed E-state index contributed by atoms with van der Waals surface area (Å²) in [5, 5.41) is 2.68. The lowest BCUT2D eigenvalue weighted by Crippen LogP contribution is -2.29. The van der Waals surface area contributed by atoms with Gasteiger partial charge in [0.1, 0.15) is 6.61 Å². The highest BCUT2D eigenvalue weighted by Crippen LogP contribution is 2.02. The molecule has 0 unspecified atom stereocenters. The van der Waals surface area contributed by atoms with Gasteiger partial charge in [-0.3, -0.25) is 0 Å². The number of carbonyl (C=O) groups excluding carboxylic acids is 1. The summed E-state index contributed by atoms with van der Waals surface area (Å²) in [5.74, 6) is 0. The predicted octanol–water partition coefficient (Wildman–Crippen LogP) is 2.70. The molecule has 0 aliphatic carbocycles. The molecule has 5 heteroatoms. The summed E-state index contributed by atoms with van der Waals surface area (Å²) in [6.45, 7) is 5.72. The molecule has 1 aromatic rings. The summed E-state index contributed by atoms with van der Waals surface area (Å²) >= 11 is 0. The van der Waals surface area contributed by atoms with Crippen molar-refractivity contribution >= 4 is 6.09 Å². The maximum atomic E-state index is 11.5. The summed E-state index contributed by atoms with van der Waals surface area (Å²) in [4.78, 5) is 11.5. The van der Waals surface area contributed by atoms with Crippen LogP contribution in [0.5, 0.6) is 0 Å². The first kappa shape index (κ1) is 16.5. The number of amides is 1. The number of hydrogen-bond donors (Lipinski definition) is 1. The first-order valence-electron chi connectivity index (χ1n) is 6.94. The minimum atomic E-state index is -0.430. The smallest absolute Gasteiger partial charge is 0.407 e. The van der Waals surface area contributed by atoms with Gasteiger partial charge in [0.05, 0.1) is 0 Å². The zero-order chi connectivity index (χ0) is 14.6.